The van der Waals surface area contributed by atoms with E-state index in [-0.39, 0.29) is 11.7 Å². The molecule has 0 aromatic carbocycles. The second-order valence-corrected chi connectivity index (χ2v) is 5.27. The number of nitrogens with one attached hydrogen (secondary N) is 1. The lowest BCUT2D eigenvalue weighted by molar-refractivity contribution is -0.385. The molecule has 7 heteroatoms. The third kappa shape index (κ3) is 3.39. The van der Waals surface area contributed by atoms with Gasteiger partial charge in [-0.25, -0.2) is 4.98 Å². The molecular weight excluding hydrogens is 300 g/mol. The van der Waals surface area contributed by atoms with Gasteiger partial charge in [0.2, 0.25) is 0 Å². The van der Waals surface area contributed by atoms with E-state index in [1.165, 1.54) is 6.20 Å². The second-order valence-electron chi connectivity index (χ2n) is 4.48. The Morgan fingerprint density at radius 3 is 2.72 bits per heavy atom. The van der Waals surface area contributed by atoms with Gasteiger partial charge in [-0.15, -0.1) is 0 Å². The van der Waals surface area contributed by atoms with Crippen molar-refractivity contribution in [2.24, 2.45) is 11.7 Å². The molecule has 0 saturated carbocycles. The summed E-state index contributed by atoms with van der Waals surface area (Å²) in [4.78, 5) is 14.3. The number of aromatic nitrogens is 1. The van der Waals surface area contributed by atoms with Crippen molar-refractivity contribution in [1.82, 2.24) is 4.98 Å². The lowest BCUT2D eigenvalue weighted by atomic mass is 10.1. The summed E-state index contributed by atoms with van der Waals surface area (Å²) < 4.78 is 0.604. The number of rotatable bonds is 5. The Morgan fingerprint density at radius 1 is 1.61 bits per heavy atom. The Kier molecular flexibility index (Phi) is 5.03. The van der Waals surface area contributed by atoms with Gasteiger partial charge < -0.3 is 11.1 Å². The largest absolute Gasteiger partial charge is 0.368 e. The number of nitro groups is 1. The molecule has 18 heavy (non-hydrogen) atoms. The highest BCUT2D eigenvalue weighted by molar-refractivity contribution is 9.10. The summed E-state index contributed by atoms with van der Waals surface area (Å²) in [7, 11) is 0. The highest BCUT2D eigenvalue weighted by atomic mass is 79.9. The first-order valence-electron chi connectivity index (χ1n) is 5.63. The van der Waals surface area contributed by atoms with E-state index in [1.54, 1.807) is 6.92 Å². The van der Waals surface area contributed by atoms with Crippen LogP contribution in [0.3, 0.4) is 0 Å². The third-order valence-corrected chi connectivity index (χ3v) is 3.77. The summed E-state index contributed by atoms with van der Waals surface area (Å²) in [6.45, 7) is 6.32. The Balaban J connectivity index is 2.86. The van der Waals surface area contributed by atoms with Crippen molar-refractivity contribution < 1.29 is 4.92 Å². The molecule has 0 radical (unpaired) electrons. The fourth-order valence-corrected chi connectivity index (χ4v) is 1.77. The number of pyridine rings is 1. The molecule has 0 saturated heterocycles. The molecule has 1 heterocycles. The molecule has 1 aromatic heterocycles. The lowest BCUT2D eigenvalue weighted by Crippen LogP contribution is -2.34. The van der Waals surface area contributed by atoms with Crippen LogP contribution in [0.1, 0.15) is 19.4 Å². The summed E-state index contributed by atoms with van der Waals surface area (Å²) in [6, 6.07) is 0.00852. The van der Waals surface area contributed by atoms with Gasteiger partial charge in [-0.3, -0.25) is 10.1 Å². The van der Waals surface area contributed by atoms with Gasteiger partial charge in [-0.05, 0) is 28.8 Å². The van der Waals surface area contributed by atoms with Gasteiger partial charge in [0.25, 0.3) is 5.69 Å². The molecule has 1 unspecified atom stereocenters. The first-order valence-corrected chi connectivity index (χ1v) is 6.42. The maximum atomic E-state index is 10.7. The highest BCUT2D eigenvalue weighted by Gasteiger charge is 2.17. The van der Waals surface area contributed by atoms with Crippen molar-refractivity contribution in [2.75, 3.05) is 11.9 Å². The minimum atomic E-state index is -0.448. The molecule has 1 atom stereocenters. The van der Waals surface area contributed by atoms with Crippen molar-refractivity contribution in [3.63, 3.8) is 0 Å². The fourth-order valence-electron chi connectivity index (χ4n) is 1.33. The zero-order valence-corrected chi connectivity index (χ0v) is 12.2. The van der Waals surface area contributed by atoms with Crippen LogP contribution in [0.15, 0.2) is 10.7 Å². The van der Waals surface area contributed by atoms with Gasteiger partial charge in [0.1, 0.15) is 12.0 Å². The van der Waals surface area contributed by atoms with E-state index < -0.39 is 4.92 Å². The molecule has 0 aliphatic heterocycles. The minimum Gasteiger partial charge on any atom is -0.368 e. The maximum absolute atomic E-state index is 10.7. The van der Waals surface area contributed by atoms with Crippen molar-refractivity contribution in [3.05, 3.63) is 26.3 Å². The van der Waals surface area contributed by atoms with Crippen molar-refractivity contribution in [1.29, 1.82) is 0 Å². The first kappa shape index (κ1) is 14.8. The minimum absolute atomic E-state index is 0.000540. The van der Waals surface area contributed by atoms with E-state index in [0.29, 0.717) is 28.3 Å². The van der Waals surface area contributed by atoms with Gasteiger partial charge in [0.15, 0.2) is 0 Å². The van der Waals surface area contributed by atoms with Crippen LogP contribution in [0.5, 0.6) is 0 Å². The van der Waals surface area contributed by atoms with Crippen LogP contribution >= 0.6 is 15.9 Å². The molecule has 1 rings (SSSR count). The molecule has 0 spiro atoms. The average Bonchev–Trinajstić information content (AvgIpc) is 2.30. The average molecular weight is 317 g/mol. The predicted molar refractivity (Wildman–Crippen MR) is 74.6 cm³/mol. The van der Waals surface area contributed by atoms with Gasteiger partial charge in [-0.2, -0.15) is 0 Å². The predicted octanol–water partition coefficient (Wildman–Crippen LogP) is 2.46. The molecule has 0 amide bonds. The summed E-state index contributed by atoms with van der Waals surface area (Å²) in [5.41, 5.74) is 6.47. The quantitative estimate of drug-likeness (QED) is 0.642. The molecule has 100 valence electrons. The van der Waals surface area contributed by atoms with Gasteiger partial charge in [0.05, 0.1) is 9.40 Å². The molecule has 0 aliphatic rings. The Morgan fingerprint density at radius 2 is 2.22 bits per heavy atom. The first-order chi connectivity index (χ1) is 8.34. The molecule has 0 fully saturated rings. The summed E-state index contributed by atoms with van der Waals surface area (Å²) in [5.74, 6) is 0.935. The molecular formula is C11H17BrN4O2. The van der Waals surface area contributed by atoms with Gasteiger partial charge >= 0.3 is 0 Å². The van der Waals surface area contributed by atoms with E-state index in [4.69, 9.17) is 5.73 Å². The number of anilines is 1. The number of hydrogen-bond donors (Lipinski definition) is 2. The van der Waals surface area contributed by atoms with Crippen molar-refractivity contribution >= 4 is 27.4 Å². The molecule has 0 bridgehead atoms. The highest BCUT2D eigenvalue weighted by Crippen LogP contribution is 2.30. The number of nitrogens with zero attached hydrogens (tertiary/aromatic N) is 2. The number of hydrogen-bond acceptors (Lipinski definition) is 5. The summed E-state index contributed by atoms with van der Waals surface area (Å²) in [5, 5.41) is 13.8. The number of nitrogens with two attached hydrogens (primary N) is 1. The maximum Gasteiger partial charge on any atom is 0.291 e. The summed E-state index contributed by atoms with van der Waals surface area (Å²) in [6.07, 6.45) is 1.25. The normalized spacial score (nSPS) is 12.6. The van der Waals surface area contributed by atoms with E-state index in [2.05, 4.69) is 26.2 Å². The van der Waals surface area contributed by atoms with Crippen LogP contribution < -0.4 is 11.1 Å². The lowest BCUT2D eigenvalue weighted by Gasteiger charge is -2.17. The fraction of sp³-hybridized carbons (Fsp3) is 0.545. The van der Waals surface area contributed by atoms with Crippen LogP contribution in [0.25, 0.3) is 0 Å². The van der Waals surface area contributed by atoms with Crippen molar-refractivity contribution in [3.8, 4) is 0 Å². The molecule has 1 aromatic rings. The van der Waals surface area contributed by atoms with E-state index in [9.17, 15) is 10.1 Å². The Hall–Kier alpha value is -1.21. The Labute approximate surface area is 114 Å². The third-order valence-electron chi connectivity index (χ3n) is 2.80. The van der Waals surface area contributed by atoms with Crippen LogP contribution in [0.2, 0.25) is 0 Å². The number of halogens is 1. The zero-order chi connectivity index (χ0) is 13.9. The van der Waals surface area contributed by atoms with Crippen LogP contribution in [-0.2, 0) is 0 Å². The monoisotopic (exact) mass is 316 g/mol. The summed E-state index contributed by atoms with van der Waals surface area (Å²) >= 11 is 3.32. The van der Waals surface area contributed by atoms with E-state index >= 15 is 0 Å². The zero-order valence-electron chi connectivity index (χ0n) is 10.6. The van der Waals surface area contributed by atoms with Crippen LogP contribution in [0, 0.1) is 23.0 Å². The molecule has 0 aliphatic carbocycles. The van der Waals surface area contributed by atoms with Crippen LogP contribution in [-0.4, -0.2) is 22.5 Å². The van der Waals surface area contributed by atoms with E-state index in [1.807, 2.05) is 13.8 Å². The second kappa shape index (κ2) is 6.10. The van der Waals surface area contributed by atoms with Crippen LogP contribution in [0.4, 0.5) is 11.5 Å². The standard InChI is InChI=1S/C11H17BrN4O2/c1-6(2)8(13)4-14-11-10(12)7(3)9(5-15-11)16(17)18/h5-6,8H,4,13H2,1-3H3,(H,14,15). The van der Waals surface area contributed by atoms with Crippen molar-refractivity contribution in [2.45, 2.75) is 26.8 Å². The van der Waals surface area contributed by atoms with Gasteiger partial charge in [-0.1, -0.05) is 13.8 Å². The topological polar surface area (TPSA) is 94.1 Å². The van der Waals surface area contributed by atoms with E-state index in [0.717, 1.165) is 0 Å². The molecule has 3 N–H and O–H groups in total. The smallest absolute Gasteiger partial charge is 0.291 e. The SMILES string of the molecule is Cc1c([N+](=O)[O-])cnc(NCC(N)C(C)C)c1Br. The Bertz CT molecular complexity index is 451. The van der Waals surface area contributed by atoms with Gasteiger partial charge in [0, 0.05) is 18.2 Å². The molecule has 6 nitrogen and oxygen atoms in total.